The van der Waals surface area contributed by atoms with Crippen LogP contribution in [-0.4, -0.2) is 95.4 Å². The number of ether oxygens (including phenoxy) is 1. The van der Waals surface area contributed by atoms with E-state index in [-0.39, 0.29) is 54.4 Å². The molecule has 3 N–H and O–H groups in total. The second kappa shape index (κ2) is 17.0. The van der Waals surface area contributed by atoms with Crippen molar-refractivity contribution in [2.75, 3.05) is 53.2 Å². The Morgan fingerprint density at radius 3 is 2.35 bits per heavy atom. The second-order valence-electron chi connectivity index (χ2n) is 16.5. The summed E-state index contributed by atoms with van der Waals surface area (Å²) in [4.78, 5) is 58.2. The minimum Gasteiger partial charge on any atom is -0.492 e. The number of thiol groups is 1. The third kappa shape index (κ3) is 9.05. The number of imide groups is 1. The van der Waals surface area contributed by atoms with Gasteiger partial charge in [0.2, 0.25) is 17.7 Å². The van der Waals surface area contributed by atoms with Gasteiger partial charge < -0.3 is 20.3 Å². The topological polar surface area (TPSA) is 150 Å². The van der Waals surface area contributed by atoms with Crippen LogP contribution < -0.4 is 30.5 Å². The molecule has 1 aliphatic carbocycles. The number of benzene rings is 3. The Hall–Kier alpha value is -5.31. The van der Waals surface area contributed by atoms with Gasteiger partial charge in [0.1, 0.15) is 23.9 Å². The maximum absolute atomic E-state index is 13.8. The normalized spacial score (nSPS) is 23.6. The molecular formula is C43H49F3N8O5S. The summed E-state index contributed by atoms with van der Waals surface area (Å²) in [6.07, 6.45) is -2.14. The van der Waals surface area contributed by atoms with E-state index in [0.29, 0.717) is 36.6 Å². The van der Waals surface area contributed by atoms with Crippen LogP contribution in [0.4, 0.5) is 35.9 Å². The van der Waals surface area contributed by atoms with Crippen molar-refractivity contribution in [2.24, 2.45) is 0 Å². The van der Waals surface area contributed by atoms with E-state index in [0.717, 1.165) is 49.4 Å². The van der Waals surface area contributed by atoms with Crippen LogP contribution in [0.1, 0.15) is 76.0 Å². The van der Waals surface area contributed by atoms with Crippen LogP contribution in [0, 0.1) is 11.3 Å². The average molecular weight is 847 g/mol. The molecule has 3 saturated heterocycles. The second-order valence-corrected chi connectivity index (χ2v) is 17.0. The highest BCUT2D eigenvalue weighted by molar-refractivity contribution is 7.81. The fourth-order valence-electron chi connectivity index (χ4n) is 8.49. The van der Waals surface area contributed by atoms with Crippen LogP contribution in [0.25, 0.3) is 0 Å². The summed E-state index contributed by atoms with van der Waals surface area (Å²) in [5.74, 6) is -0.202. The van der Waals surface area contributed by atoms with Crippen molar-refractivity contribution in [3.8, 4) is 11.8 Å². The average Bonchev–Trinajstić information content (AvgIpc) is 4.01. The van der Waals surface area contributed by atoms with Crippen LogP contribution in [0.5, 0.6) is 5.75 Å². The SMILES string of the molecule is C[C@@H]1CN(CCOc2ccc(N3C(S)N(c4ccc(C#N)c(C(F)(F)F)c4)C(=O)C3(C)C)cc2C2CC2)C[C@H](C)N1CC(=O)Nc1cccc(N[C@H]2CCC(=O)NC2=O)c1. The van der Waals surface area contributed by atoms with E-state index in [2.05, 4.69) is 39.6 Å². The van der Waals surface area contributed by atoms with Crippen LogP contribution in [0.15, 0.2) is 60.7 Å². The fourth-order valence-corrected chi connectivity index (χ4v) is 9.15. The van der Waals surface area contributed by atoms with Crippen molar-refractivity contribution in [1.29, 1.82) is 5.26 Å². The monoisotopic (exact) mass is 846 g/mol. The minimum atomic E-state index is -4.78. The Labute approximate surface area is 352 Å². The highest BCUT2D eigenvalue weighted by atomic mass is 32.1. The molecule has 4 atom stereocenters. The van der Waals surface area contributed by atoms with E-state index in [9.17, 15) is 37.6 Å². The summed E-state index contributed by atoms with van der Waals surface area (Å²) < 4.78 is 47.9. The number of alkyl halides is 3. The van der Waals surface area contributed by atoms with E-state index in [1.165, 1.54) is 11.0 Å². The lowest BCUT2D eigenvalue weighted by molar-refractivity contribution is -0.138. The molecule has 3 heterocycles. The Morgan fingerprint density at radius 1 is 0.983 bits per heavy atom. The smallest absolute Gasteiger partial charge is 0.417 e. The van der Waals surface area contributed by atoms with Crippen LogP contribution in [0.2, 0.25) is 0 Å². The highest BCUT2D eigenvalue weighted by Gasteiger charge is 2.52. The molecular weight excluding hydrogens is 798 g/mol. The maximum Gasteiger partial charge on any atom is 0.417 e. The number of anilines is 4. The Morgan fingerprint density at radius 2 is 1.68 bits per heavy atom. The summed E-state index contributed by atoms with van der Waals surface area (Å²) in [6.45, 7) is 10.4. The van der Waals surface area contributed by atoms with E-state index >= 15 is 0 Å². The quantitative estimate of drug-likeness (QED) is 0.128. The Balaban J connectivity index is 0.945. The third-order valence-electron chi connectivity index (χ3n) is 11.7. The van der Waals surface area contributed by atoms with Gasteiger partial charge in [-0.15, -0.1) is 12.6 Å². The number of carbonyl (C=O) groups excluding carboxylic acids is 4. The third-order valence-corrected chi connectivity index (χ3v) is 12.2. The molecule has 4 aliphatic rings. The van der Waals surface area contributed by atoms with Crippen molar-refractivity contribution in [1.82, 2.24) is 15.1 Å². The first-order chi connectivity index (χ1) is 28.4. The molecule has 318 valence electrons. The fraction of sp³-hybridized carbons (Fsp3) is 0.465. The predicted octanol–water partition coefficient (Wildman–Crippen LogP) is 5.93. The molecule has 3 aromatic rings. The number of piperazine rings is 1. The Bertz CT molecular complexity index is 2200. The number of rotatable bonds is 12. The highest BCUT2D eigenvalue weighted by Crippen LogP contribution is 2.48. The molecule has 0 bridgehead atoms. The number of halogens is 3. The molecule has 3 aliphatic heterocycles. The van der Waals surface area contributed by atoms with Crippen molar-refractivity contribution < 1.29 is 37.1 Å². The van der Waals surface area contributed by atoms with E-state index in [1.807, 2.05) is 18.2 Å². The van der Waals surface area contributed by atoms with Crippen molar-refractivity contribution >= 4 is 59.0 Å². The largest absolute Gasteiger partial charge is 0.492 e. The molecule has 0 spiro atoms. The maximum atomic E-state index is 13.8. The van der Waals surface area contributed by atoms with Gasteiger partial charge in [-0.25, -0.2) is 0 Å². The molecule has 1 saturated carbocycles. The zero-order chi connectivity index (χ0) is 43.1. The van der Waals surface area contributed by atoms with Gasteiger partial charge in [-0.3, -0.25) is 39.2 Å². The molecule has 60 heavy (non-hydrogen) atoms. The van der Waals surface area contributed by atoms with Gasteiger partial charge in [-0.05, 0) is 113 Å². The lowest BCUT2D eigenvalue weighted by atomic mass is 10.0. The number of piperidine rings is 1. The van der Waals surface area contributed by atoms with Gasteiger partial charge in [-0.1, -0.05) is 6.07 Å². The number of hydrogen-bond acceptors (Lipinski definition) is 11. The first-order valence-electron chi connectivity index (χ1n) is 20.1. The van der Waals surface area contributed by atoms with Crippen molar-refractivity contribution in [3.63, 3.8) is 0 Å². The number of amides is 4. The van der Waals surface area contributed by atoms with E-state index in [4.69, 9.17) is 17.4 Å². The van der Waals surface area contributed by atoms with Gasteiger partial charge in [0.25, 0.3) is 5.91 Å². The van der Waals surface area contributed by atoms with Gasteiger partial charge in [0.15, 0.2) is 5.50 Å². The van der Waals surface area contributed by atoms with Crippen molar-refractivity contribution in [2.45, 2.75) is 94.6 Å². The predicted molar refractivity (Wildman–Crippen MR) is 224 cm³/mol. The number of carbonyl (C=O) groups is 4. The molecule has 17 heteroatoms. The number of hydrogen-bond donors (Lipinski definition) is 4. The van der Waals surface area contributed by atoms with Gasteiger partial charge in [0, 0.05) is 60.9 Å². The summed E-state index contributed by atoms with van der Waals surface area (Å²) in [7, 11) is 0. The van der Waals surface area contributed by atoms with Crippen LogP contribution in [-0.2, 0) is 25.4 Å². The zero-order valence-electron chi connectivity index (χ0n) is 33.9. The van der Waals surface area contributed by atoms with Gasteiger partial charge in [-0.2, -0.15) is 18.4 Å². The van der Waals surface area contributed by atoms with E-state index in [1.54, 1.807) is 49.1 Å². The summed E-state index contributed by atoms with van der Waals surface area (Å²) in [5.41, 5.74) is -0.750. The number of nitriles is 1. The zero-order valence-corrected chi connectivity index (χ0v) is 34.8. The lowest BCUT2D eigenvalue weighted by Gasteiger charge is -2.44. The lowest BCUT2D eigenvalue weighted by Crippen LogP contribution is -2.58. The molecule has 3 aromatic carbocycles. The standard InChI is InChI=1S/C43H49F3N8O5S/c1-25-22-51(23-26(2)52(25)24-38(56)49-30-7-5-6-29(18-30)48-35-13-15-37(55)50-39(35)57)16-17-59-36-14-12-32(19-33(36)27-8-9-27)54-41(60)53(40(58)42(54,3)4)31-11-10-28(21-47)34(20-31)43(44,45)46/h5-7,10-12,14,18-20,25-27,35,41,48,60H,8-9,13,15-17,22-24H2,1-4H3,(H,49,56)(H,50,55,57)/t25-,26+,35-,41?/m0/s1. The van der Waals surface area contributed by atoms with Gasteiger partial charge >= 0.3 is 6.18 Å². The van der Waals surface area contributed by atoms with Crippen LogP contribution >= 0.6 is 12.6 Å². The molecule has 1 unspecified atom stereocenters. The van der Waals surface area contributed by atoms with E-state index < -0.39 is 40.3 Å². The first-order valence-corrected chi connectivity index (χ1v) is 20.6. The molecule has 0 aromatic heterocycles. The van der Waals surface area contributed by atoms with Gasteiger partial charge in [0.05, 0.1) is 23.7 Å². The van der Waals surface area contributed by atoms with Crippen LogP contribution in [0.3, 0.4) is 0 Å². The summed E-state index contributed by atoms with van der Waals surface area (Å²) >= 11 is 4.77. The molecule has 7 rings (SSSR count). The molecule has 4 amide bonds. The minimum absolute atomic E-state index is 0.000807. The number of nitrogens with one attached hydrogen (secondary N) is 3. The first kappa shape index (κ1) is 42.8. The Kier molecular flexibility index (Phi) is 12.1. The number of nitrogens with zero attached hydrogens (tertiary/aromatic N) is 5. The van der Waals surface area contributed by atoms with Crippen molar-refractivity contribution in [3.05, 3.63) is 77.4 Å². The molecule has 0 radical (unpaired) electrons. The summed E-state index contributed by atoms with van der Waals surface area (Å²) in [5, 5.41) is 17.7. The summed E-state index contributed by atoms with van der Waals surface area (Å²) in [6, 6.07) is 17.4. The molecule has 13 nitrogen and oxygen atoms in total. The molecule has 4 fully saturated rings.